The first-order chi connectivity index (χ1) is 22.0. The van der Waals surface area contributed by atoms with E-state index in [0.29, 0.717) is 17.4 Å². The lowest BCUT2D eigenvalue weighted by Gasteiger charge is -2.24. The Morgan fingerprint density at radius 3 is 1.43 bits per heavy atom. The number of methoxy groups -OCH3 is 2. The first-order valence-corrected chi connectivity index (χ1v) is 19.2. The van der Waals surface area contributed by atoms with Crippen LogP contribution >= 0.6 is 7.82 Å². The summed E-state index contributed by atoms with van der Waals surface area (Å²) in [7, 11) is 4.92. The molecule has 0 fully saturated rings. The van der Waals surface area contributed by atoms with Gasteiger partial charge in [-0.25, -0.2) is 4.57 Å². The Balaban J connectivity index is 4.44. The zero-order valence-electron chi connectivity index (χ0n) is 30.0. The monoisotopic (exact) mass is 682 g/mol. The van der Waals surface area contributed by atoms with Gasteiger partial charge in [0.15, 0.2) is 6.10 Å². The van der Waals surface area contributed by atoms with Crippen molar-refractivity contribution >= 4 is 19.8 Å². The van der Waals surface area contributed by atoms with Crippen molar-refractivity contribution in [1.29, 1.82) is 0 Å². The van der Waals surface area contributed by atoms with E-state index in [4.69, 9.17) is 28.0 Å². The standard InChI is InChI=1S/C34H68NO10P/c1-35(2,3)26-29-43-46(38,39)44-31-32(45-34(37)25-21-17-13-9-7-11-15-19-23-28-41-5)30-42-33(36)24-20-16-12-8-6-10-14-18-22-27-40-4/h32H,6-31H2,1-5H3/p+1. The van der Waals surface area contributed by atoms with Gasteiger partial charge < -0.3 is 28.3 Å². The first-order valence-electron chi connectivity index (χ1n) is 17.7. The van der Waals surface area contributed by atoms with Gasteiger partial charge in [-0.3, -0.25) is 18.6 Å². The van der Waals surface area contributed by atoms with E-state index in [2.05, 4.69) is 0 Å². The summed E-state index contributed by atoms with van der Waals surface area (Å²) in [5.74, 6) is -0.829. The molecule has 0 aliphatic rings. The minimum absolute atomic E-state index is 0.0267. The predicted molar refractivity (Wildman–Crippen MR) is 182 cm³/mol. The van der Waals surface area contributed by atoms with Crippen LogP contribution in [0.3, 0.4) is 0 Å². The number of hydrogen-bond acceptors (Lipinski definition) is 9. The molecule has 12 heteroatoms. The maximum absolute atomic E-state index is 12.6. The summed E-state index contributed by atoms with van der Waals surface area (Å²) < 4.78 is 44.2. The van der Waals surface area contributed by atoms with E-state index in [0.717, 1.165) is 71.0 Å². The van der Waals surface area contributed by atoms with Crippen LogP contribution in [0.5, 0.6) is 0 Å². The molecular weight excluding hydrogens is 613 g/mol. The number of nitrogens with zero attached hydrogens (tertiary/aromatic N) is 1. The number of carbonyl (C=O) groups excluding carboxylic acids is 2. The molecule has 11 nitrogen and oxygen atoms in total. The minimum Gasteiger partial charge on any atom is -0.462 e. The Bertz CT molecular complexity index is 778. The van der Waals surface area contributed by atoms with E-state index in [1.165, 1.54) is 51.4 Å². The number of esters is 2. The van der Waals surface area contributed by atoms with Crippen molar-refractivity contribution in [1.82, 2.24) is 0 Å². The lowest BCUT2D eigenvalue weighted by molar-refractivity contribution is -0.870. The van der Waals surface area contributed by atoms with Crippen LogP contribution < -0.4 is 0 Å². The second kappa shape index (κ2) is 30.0. The summed E-state index contributed by atoms with van der Waals surface area (Å²) in [5.41, 5.74) is 0. The lowest BCUT2D eigenvalue weighted by atomic mass is 10.1. The maximum atomic E-state index is 12.6. The molecule has 0 saturated carbocycles. The zero-order valence-corrected chi connectivity index (χ0v) is 30.9. The van der Waals surface area contributed by atoms with E-state index in [9.17, 15) is 19.0 Å². The molecule has 0 rings (SSSR count). The fraction of sp³-hybridized carbons (Fsp3) is 0.941. The second-order valence-corrected chi connectivity index (χ2v) is 14.7. The number of hydrogen-bond donors (Lipinski definition) is 1. The molecule has 1 N–H and O–H groups in total. The summed E-state index contributed by atoms with van der Waals surface area (Å²) in [6, 6.07) is 0. The molecule has 0 aliphatic heterocycles. The highest BCUT2D eigenvalue weighted by Gasteiger charge is 2.27. The van der Waals surface area contributed by atoms with Gasteiger partial charge in [0, 0.05) is 40.3 Å². The third-order valence-corrected chi connectivity index (χ3v) is 8.61. The van der Waals surface area contributed by atoms with Crippen LogP contribution in [0, 0.1) is 0 Å². The fourth-order valence-electron chi connectivity index (χ4n) is 4.77. The Morgan fingerprint density at radius 2 is 1.00 bits per heavy atom. The highest BCUT2D eigenvalue weighted by Crippen LogP contribution is 2.43. The van der Waals surface area contributed by atoms with Crippen molar-refractivity contribution in [3.63, 3.8) is 0 Å². The Labute approximate surface area is 280 Å². The predicted octanol–water partition coefficient (Wildman–Crippen LogP) is 7.38. The van der Waals surface area contributed by atoms with Crippen molar-refractivity contribution in [3.8, 4) is 0 Å². The molecule has 0 bridgehead atoms. The number of phosphoric acid groups is 1. The minimum atomic E-state index is -4.37. The molecule has 0 aromatic rings. The summed E-state index contributed by atoms with van der Waals surface area (Å²) in [5, 5.41) is 0. The van der Waals surface area contributed by atoms with Crippen LogP contribution in [0.15, 0.2) is 0 Å². The molecule has 274 valence electrons. The van der Waals surface area contributed by atoms with Crippen molar-refractivity contribution in [3.05, 3.63) is 0 Å². The van der Waals surface area contributed by atoms with Crippen molar-refractivity contribution in [2.24, 2.45) is 0 Å². The molecule has 0 aromatic carbocycles. The van der Waals surface area contributed by atoms with E-state index in [1.807, 2.05) is 21.1 Å². The topological polar surface area (TPSA) is 127 Å². The molecule has 0 saturated heterocycles. The van der Waals surface area contributed by atoms with Crippen LogP contribution in [-0.4, -0.2) is 102 Å². The van der Waals surface area contributed by atoms with Crippen molar-refractivity contribution in [2.45, 2.75) is 135 Å². The normalized spacial score (nSPS) is 13.8. The number of likely N-dealkylation sites (N-methyl/N-ethyl adjacent to an activating group) is 1. The van der Waals surface area contributed by atoms with Gasteiger partial charge in [0.05, 0.1) is 27.7 Å². The van der Waals surface area contributed by atoms with E-state index in [-0.39, 0.29) is 32.0 Å². The quantitative estimate of drug-likeness (QED) is 0.0318. The molecule has 0 aliphatic carbocycles. The van der Waals surface area contributed by atoms with Crippen LogP contribution in [0.1, 0.15) is 128 Å². The van der Waals surface area contributed by atoms with Gasteiger partial charge in [-0.1, -0.05) is 89.9 Å². The number of carbonyl (C=O) groups is 2. The summed E-state index contributed by atoms with van der Waals surface area (Å²) in [6.45, 7) is 1.54. The van der Waals surface area contributed by atoms with Crippen molar-refractivity contribution < 1.29 is 51.5 Å². The van der Waals surface area contributed by atoms with E-state index in [1.54, 1.807) is 14.2 Å². The van der Waals surface area contributed by atoms with E-state index >= 15 is 0 Å². The first kappa shape index (κ1) is 44.9. The molecule has 2 unspecified atom stereocenters. The molecule has 0 heterocycles. The number of unbranched alkanes of at least 4 members (excludes halogenated alkanes) is 16. The smallest absolute Gasteiger partial charge is 0.462 e. The third-order valence-electron chi connectivity index (χ3n) is 7.63. The number of phosphoric ester groups is 1. The third kappa shape index (κ3) is 32.9. The van der Waals surface area contributed by atoms with Crippen LogP contribution in [0.2, 0.25) is 0 Å². The zero-order chi connectivity index (χ0) is 34.4. The largest absolute Gasteiger partial charge is 0.472 e. The molecule has 46 heavy (non-hydrogen) atoms. The van der Waals surface area contributed by atoms with Gasteiger partial charge in [-0.15, -0.1) is 0 Å². The average molecular weight is 683 g/mol. The van der Waals surface area contributed by atoms with Gasteiger partial charge in [-0.2, -0.15) is 0 Å². The molecule has 0 amide bonds. The average Bonchev–Trinajstić information content (AvgIpc) is 2.99. The lowest BCUT2D eigenvalue weighted by Crippen LogP contribution is -2.37. The highest BCUT2D eigenvalue weighted by atomic mass is 31.2. The fourth-order valence-corrected chi connectivity index (χ4v) is 5.51. The molecule has 0 aromatic heterocycles. The Kier molecular flexibility index (Phi) is 29.3. The summed E-state index contributed by atoms with van der Waals surface area (Å²) in [6.07, 6.45) is 19.2. The van der Waals surface area contributed by atoms with Gasteiger partial charge in [0.25, 0.3) is 0 Å². The number of quaternary nitrogens is 1. The molecular formula is C34H69NO10P+. The van der Waals surface area contributed by atoms with Gasteiger partial charge in [0.1, 0.15) is 19.8 Å². The van der Waals surface area contributed by atoms with Crippen LogP contribution in [0.25, 0.3) is 0 Å². The number of ether oxygens (including phenoxy) is 4. The van der Waals surface area contributed by atoms with Crippen LogP contribution in [0.4, 0.5) is 0 Å². The maximum Gasteiger partial charge on any atom is 0.472 e. The Hall–Kier alpha value is -1.07. The van der Waals surface area contributed by atoms with Gasteiger partial charge in [-0.05, 0) is 25.7 Å². The molecule has 0 radical (unpaired) electrons. The second-order valence-electron chi connectivity index (χ2n) is 13.3. The van der Waals surface area contributed by atoms with Gasteiger partial charge in [0.2, 0.25) is 0 Å². The highest BCUT2D eigenvalue weighted by molar-refractivity contribution is 7.47. The summed E-state index contributed by atoms with van der Waals surface area (Å²) in [4.78, 5) is 35.0. The summed E-state index contributed by atoms with van der Waals surface area (Å²) >= 11 is 0. The molecule has 2 atom stereocenters. The van der Waals surface area contributed by atoms with Crippen molar-refractivity contribution in [2.75, 3.05) is 74.9 Å². The van der Waals surface area contributed by atoms with Gasteiger partial charge >= 0.3 is 19.8 Å². The van der Waals surface area contributed by atoms with Crippen LogP contribution in [-0.2, 0) is 42.1 Å². The van der Waals surface area contributed by atoms with E-state index < -0.39 is 26.5 Å². The Morgan fingerprint density at radius 1 is 0.587 bits per heavy atom. The SMILES string of the molecule is COCCCCCCCCCCCC(=O)OCC(COP(=O)(O)OCC[N+](C)(C)C)OC(=O)CCCCCCCCCCCOC. The molecule has 0 spiro atoms. The number of rotatable bonds is 34.